The molecule has 0 aliphatic heterocycles. The molecule has 3 atom stereocenters. The van der Waals surface area contributed by atoms with E-state index in [0.717, 1.165) is 31.9 Å². The maximum absolute atomic E-state index is 13.8. The van der Waals surface area contributed by atoms with E-state index in [0.29, 0.717) is 29.9 Å². The van der Waals surface area contributed by atoms with Gasteiger partial charge in [-0.2, -0.15) is 0 Å². The summed E-state index contributed by atoms with van der Waals surface area (Å²) < 4.78 is 26.8. The third-order valence-electron chi connectivity index (χ3n) is 4.40. The molecule has 1 aliphatic rings. The topological polar surface area (TPSA) is 12.0 Å². The molecule has 112 valence electrons. The molecule has 3 unspecified atom stereocenters. The number of benzene rings is 1. The first-order chi connectivity index (χ1) is 9.60. The molecule has 1 N–H and O–H groups in total. The fraction of sp³-hybridized carbons (Fsp3) is 0.647. The summed E-state index contributed by atoms with van der Waals surface area (Å²) in [7, 11) is 0. The minimum atomic E-state index is -0.496. The van der Waals surface area contributed by atoms with E-state index in [-0.39, 0.29) is 0 Å². The first-order valence-electron chi connectivity index (χ1n) is 7.77. The van der Waals surface area contributed by atoms with Crippen LogP contribution in [0.2, 0.25) is 0 Å². The van der Waals surface area contributed by atoms with Crippen LogP contribution in [0.15, 0.2) is 18.2 Å². The lowest BCUT2D eigenvalue weighted by atomic mass is 9.76. The molecule has 20 heavy (non-hydrogen) atoms. The highest BCUT2D eigenvalue weighted by atomic mass is 19.1. The van der Waals surface area contributed by atoms with Gasteiger partial charge in [-0.25, -0.2) is 8.78 Å². The molecule has 0 amide bonds. The molecule has 0 heterocycles. The lowest BCUT2D eigenvalue weighted by Gasteiger charge is -2.36. The molecule has 2 rings (SSSR count). The molecule has 3 heteroatoms. The first kappa shape index (κ1) is 15.4. The molecule has 1 saturated carbocycles. The molecule has 0 radical (unpaired) electrons. The van der Waals surface area contributed by atoms with E-state index < -0.39 is 11.6 Å². The summed E-state index contributed by atoms with van der Waals surface area (Å²) in [6, 6.07) is 4.42. The lowest BCUT2D eigenvalue weighted by Crippen LogP contribution is -2.41. The van der Waals surface area contributed by atoms with Crippen LogP contribution in [0.4, 0.5) is 8.78 Å². The summed E-state index contributed by atoms with van der Waals surface area (Å²) in [5, 5.41) is 3.60. The Bertz CT molecular complexity index is 431. The van der Waals surface area contributed by atoms with Gasteiger partial charge in [0, 0.05) is 12.1 Å². The molecular weight excluding hydrogens is 256 g/mol. The van der Waals surface area contributed by atoms with Crippen molar-refractivity contribution in [2.45, 2.75) is 52.0 Å². The summed E-state index contributed by atoms with van der Waals surface area (Å²) in [4.78, 5) is 0. The molecule has 1 aliphatic carbocycles. The molecule has 1 aromatic carbocycles. The quantitative estimate of drug-likeness (QED) is 0.848. The number of hydrogen-bond donors (Lipinski definition) is 1. The maximum Gasteiger partial charge on any atom is 0.129 e. The molecular formula is C17H25F2N. The molecule has 1 nitrogen and oxygen atoms in total. The van der Waals surface area contributed by atoms with E-state index in [1.54, 1.807) is 6.07 Å². The zero-order valence-corrected chi connectivity index (χ0v) is 12.5. The summed E-state index contributed by atoms with van der Waals surface area (Å²) in [5.74, 6) is 0.245. The Labute approximate surface area is 120 Å². The van der Waals surface area contributed by atoms with E-state index in [9.17, 15) is 8.78 Å². The van der Waals surface area contributed by atoms with Crippen LogP contribution >= 0.6 is 0 Å². The van der Waals surface area contributed by atoms with E-state index in [1.165, 1.54) is 12.5 Å². The van der Waals surface area contributed by atoms with Crippen molar-refractivity contribution in [1.82, 2.24) is 5.32 Å². The molecule has 1 fully saturated rings. The number of rotatable bonds is 5. The minimum absolute atomic E-state index is 0.405. The Morgan fingerprint density at radius 3 is 2.75 bits per heavy atom. The highest BCUT2D eigenvalue weighted by Crippen LogP contribution is 2.32. The zero-order chi connectivity index (χ0) is 14.5. The average molecular weight is 281 g/mol. The van der Waals surface area contributed by atoms with Crippen LogP contribution in [0.5, 0.6) is 0 Å². The van der Waals surface area contributed by atoms with Crippen molar-refractivity contribution < 1.29 is 8.78 Å². The lowest BCUT2D eigenvalue weighted by molar-refractivity contribution is 0.211. The van der Waals surface area contributed by atoms with Gasteiger partial charge in [0.25, 0.3) is 0 Å². The second-order valence-electron chi connectivity index (χ2n) is 6.18. The van der Waals surface area contributed by atoms with Crippen molar-refractivity contribution in [1.29, 1.82) is 0 Å². The third kappa shape index (κ3) is 4.02. The monoisotopic (exact) mass is 281 g/mol. The Morgan fingerprint density at radius 1 is 1.25 bits per heavy atom. The highest BCUT2D eigenvalue weighted by Gasteiger charge is 2.28. The summed E-state index contributed by atoms with van der Waals surface area (Å²) in [6.07, 6.45) is 5.35. The van der Waals surface area contributed by atoms with Crippen molar-refractivity contribution in [3.05, 3.63) is 35.4 Å². The largest absolute Gasteiger partial charge is 0.314 e. The van der Waals surface area contributed by atoms with E-state index in [1.807, 2.05) is 0 Å². The second-order valence-corrected chi connectivity index (χ2v) is 6.18. The van der Waals surface area contributed by atoms with Gasteiger partial charge in [0.15, 0.2) is 0 Å². The summed E-state index contributed by atoms with van der Waals surface area (Å²) in [6.45, 7) is 5.44. The predicted molar refractivity (Wildman–Crippen MR) is 78.6 cm³/mol. The Morgan fingerprint density at radius 2 is 2.05 bits per heavy atom. The Balaban J connectivity index is 2.06. The van der Waals surface area contributed by atoms with Crippen LogP contribution in [0, 0.1) is 23.5 Å². The number of nitrogens with one attached hydrogen (secondary N) is 1. The van der Waals surface area contributed by atoms with Crippen LogP contribution in [-0.2, 0) is 6.42 Å². The van der Waals surface area contributed by atoms with Crippen molar-refractivity contribution >= 4 is 0 Å². The summed E-state index contributed by atoms with van der Waals surface area (Å²) in [5.41, 5.74) is 0.647. The van der Waals surface area contributed by atoms with Gasteiger partial charge in [0.05, 0.1) is 0 Å². The minimum Gasteiger partial charge on any atom is -0.314 e. The molecule has 0 aromatic heterocycles. The first-order valence-corrected chi connectivity index (χ1v) is 7.77. The number of halogens is 2. The normalized spacial score (nSPS) is 26.7. The second kappa shape index (κ2) is 7.16. The standard InChI is InChI=1S/C17H25F2N/c1-3-8-20-17-7-4-12(2)9-14(17)10-13-5-6-15(18)11-16(13)19/h5-6,11-12,14,17,20H,3-4,7-10H2,1-2H3. The van der Waals surface area contributed by atoms with Gasteiger partial charge in [0.2, 0.25) is 0 Å². The van der Waals surface area contributed by atoms with Gasteiger partial charge < -0.3 is 5.32 Å². The van der Waals surface area contributed by atoms with Gasteiger partial charge in [-0.1, -0.05) is 19.9 Å². The zero-order valence-electron chi connectivity index (χ0n) is 12.5. The molecule has 0 saturated heterocycles. The van der Waals surface area contributed by atoms with Crippen LogP contribution in [0.25, 0.3) is 0 Å². The van der Waals surface area contributed by atoms with Crippen LogP contribution in [0.1, 0.15) is 45.1 Å². The number of hydrogen-bond acceptors (Lipinski definition) is 1. The van der Waals surface area contributed by atoms with Crippen LogP contribution < -0.4 is 5.32 Å². The highest BCUT2D eigenvalue weighted by molar-refractivity contribution is 5.19. The van der Waals surface area contributed by atoms with Gasteiger partial charge in [-0.15, -0.1) is 0 Å². The van der Waals surface area contributed by atoms with Gasteiger partial charge in [-0.3, -0.25) is 0 Å². The molecule has 0 spiro atoms. The van der Waals surface area contributed by atoms with Gasteiger partial charge >= 0.3 is 0 Å². The summed E-state index contributed by atoms with van der Waals surface area (Å²) >= 11 is 0. The van der Waals surface area contributed by atoms with Crippen LogP contribution in [0.3, 0.4) is 0 Å². The fourth-order valence-corrected chi connectivity index (χ4v) is 3.29. The molecule has 1 aromatic rings. The average Bonchev–Trinajstić information content (AvgIpc) is 2.41. The van der Waals surface area contributed by atoms with Crippen molar-refractivity contribution in [3.8, 4) is 0 Å². The fourth-order valence-electron chi connectivity index (χ4n) is 3.29. The maximum atomic E-state index is 13.8. The Kier molecular flexibility index (Phi) is 5.53. The van der Waals surface area contributed by atoms with Crippen molar-refractivity contribution in [2.24, 2.45) is 11.8 Å². The van der Waals surface area contributed by atoms with Crippen molar-refractivity contribution in [3.63, 3.8) is 0 Å². The third-order valence-corrected chi connectivity index (χ3v) is 4.40. The van der Waals surface area contributed by atoms with E-state index in [4.69, 9.17) is 0 Å². The van der Waals surface area contributed by atoms with E-state index >= 15 is 0 Å². The van der Waals surface area contributed by atoms with Crippen molar-refractivity contribution in [2.75, 3.05) is 6.54 Å². The predicted octanol–water partition coefficient (Wildman–Crippen LogP) is 4.31. The molecule has 0 bridgehead atoms. The van der Waals surface area contributed by atoms with Gasteiger partial charge in [0.1, 0.15) is 11.6 Å². The smallest absolute Gasteiger partial charge is 0.129 e. The van der Waals surface area contributed by atoms with Gasteiger partial charge in [-0.05, 0) is 62.1 Å². The van der Waals surface area contributed by atoms with E-state index in [2.05, 4.69) is 19.2 Å². The Hall–Kier alpha value is -0.960. The van der Waals surface area contributed by atoms with Crippen LogP contribution in [-0.4, -0.2) is 12.6 Å². The SMILES string of the molecule is CCCNC1CCC(C)CC1Cc1ccc(F)cc1F.